The first kappa shape index (κ1) is 21.9. The molecule has 2 aromatic rings. The second kappa shape index (κ2) is 9.68. The lowest BCUT2D eigenvalue weighted by Crippen LogP contribution is -2.39. The maximum Gasteiger partial charge on any atom is 0.408 e. The van der Waals surface area contributed by atoms with E-state index in [4.69, 9.17) is 4.74 Å². The van der Waals surface area contributed by atoms with E-state index in [1.807, 2.05) is 0 Å². The molecule has 0 aromatic heterocycles. The van der Waals surface area contributed by atoms with Crippen molar-refractivity contribution in [2.45, 2.75) is 32.9 Å². The number of benzene rings is 2. The van der Waals surface area contributed by atoms with Gasteiger partial charge in [-0.15, -0.1) is 0 Å². The molecule has 0 saturated heterocycles. The maximum atomic E-state index is 12.9. The number of ether oxygens (including phenoxy) is 1. The molecule has 0 spiro atoms. The summed E-state index contributed by atoms with van der Waals surface area (Å²) in [7, 11) is 0. The summed E-state index contributed by atoms with van der Waals surface area (Å²) < 4.78 is 18.0. The molecule has 0 fully saturated rings. The number of hydrogen-bond donors (Lipinski definition) is 3. The zero-order valence-corrected chi connectivity index (χ0v) is 16.5. The molecule has 0 heterocycles. The van der Waals surface area contributed by atoms with Crippen LogP contribution in [0.4, 0.5) is 14.9 Å². The molecule has 0 bridgehead atoms. The Kier molecular flexibility index (Phi) is 7.30. The third-order valence-corrected chi connectivity index (χ3v) is 3.60. The first-order chi connectivity index (χ1) is 13.6. The molecule has 8 heteroatoms. The Labute approximate surface area is 168 Å². The van der Waals surface area contributed by atoms with Crippen molar-refractivity contribution in [2.24, 2.45) is 0 Å². The average molecular weight is 401 g/mol. The van der Waals surface area contributed by atoms with Crippen molar-refractivity contribution < 1.29 is 23.5 Å². The van der Waals surface area contributed by atoms with Crippen molar-refractivity contribution >= 4 is 23.6 Å². The standard InChI is InChI=1S/C21H24FN3O4/c1-21(2,3)29-20(28)24-13-18(26)23-12-14-4-10-17(11-5-14)25-19(27)15-6-8-16(22)9-7-15/h4-11H,12-13H2,1-3H3,(H,23,26)(H,24,28)(H,25,27). The molecule has 7 nitrogen and oxygen atoms in total. The summed E-state index contributed by atoms with van der Waals surface area (Å²) in [6, 6.07) is 12.1. The molecule has 0 atom stereocenters. The highest BCUT2D eigenvalue weighted by molar-refractivity contribution is 6.04. The lowest BCUT2D eigenvalue weighted by molar-refractivity contribution is -0.120. The van der Waals surface area contributed by atoms with Gasteiger partial charge in [-0.2, -0.15) is 0 Å². The molecule has 154 valence electrons. The van der Waals surface area contributed by atoms with E-state index in [9.17, 15) is 18.8 Å². The molecule has 0 aliphatic heterocycles. The molecular formula is C21H24FN3O4. The van der Waals surface area contributed by atoms with E-state index in [1.54, 1.807) is 45.0 Å². The minimum Gasteiger partial charge on any atom is -0.444 e. The van der Waals surface area contributed by atoms with Crippen LogP contribution in [0.25, 0.3) is 0 Å². The molecule has 2 rings (SSSR count). The molecule has 0 radical (unpaired) electrons. The Bertz CT molecular complexity index is 859. The highest BCUT2D eigenvalue weighted by Gasteiger charge is 2.16. The quantitative estimate of drug-likeness (QED) is 0.692. The summed E-state index contributed by atoms with van der Waals surface area (Å²) >= 11 is 0. The number of carbonyl (C=O) groups is 3. The Hall–Kier alpha value is -3.42. The van der Waals surface area contributed by atoms with Gasteiger partial charge in [-0.3, -0.25) is 9.59 Å². The van der Waals surface area contributed by atoms with Crippen LogP contribution in [-0.4, -0.2) is 30.1 Å². The molecular weight excluding hydrogens is 377 g/mol. The van der Waals surface area contributed by atoms with E-state index in [1.165, 1.54) is 24.3 Å². The monoisotopic (exact) mass is 401 g/mol. The van der Waals surface area contributed by atoms with Gasteiger partial charge in [0, 0.05) is 17.8 Å². The van der Waals surface area contributed by atoms with E-state index in [0.29, 0.717) is 11.3 Å². The van der Waals surface area contributed by atoms with Crippen LogP contribution in [-0.2, 0) is 16.1 Å². The molecule has 3 N–H and O–H groups in total. The Balaban J connectivity index is 1.77. The van der Waals surface area contributed by atoms with Crippen molar-refractivity contribution in [3.63, 3.8) is 0 Å². The van der Waals surface area contributed by atoms with Crippen LogP contribution in [0, 0.1) is 5.82 Å². The van der Waals surface area contributed by atoms with Gasteiger partial charge in [0.2, 0.25) is 5.91 Å². The Morgan fingerprint density at radius 1 is 0.931 bits per heavy atom. The fraction of sp³-hybridized carbons (Fsp3) is 0.286. The maximum absolute atomic E-state index is 12.9. The average Bonchev–Trinajstić information content (AvgIpc) is 2.65. The fourth-order valence-electron chi connectivity index (χ4n) is 2.24. The largest absolute Gasteiger partial charge is 0.444 e. The molecule has 0 unspecified atom stereocenters. The number of halogens is 1. The first-order valence-electron chi connectivity index (χ1n) is 9.02. The predicted molar refractivity (Wildman–Crippen MR) is 107 cm³/mol. The van der Waals surface area contributed by atoms with Crippen LogP contribution in [0.15, 0.2) is 48.5 Å². The molecule has 29 heavy (non-hydrogen) atoms. The smallest absolute Gasteiger partial charge is 0.408 e. The SMILES string of the molecule is CC(C)(C)OC(=O)NCC(=O)NCc1ccc(NC(=O)c2ccc(F)cc2)cc1. The van der Waals surface area contributed by atoms with E-state index in [-0.39, 0.29) is 24.9 Å². The van der Waals surface area contributed by atoms with Gasteiger partial charge < -0.3 is 20.7 Å². The molecule has 0 aliphatic rings. The van der Waals surface area contributed by atoms with Crippen LogP contribution >= 0.6 is 0 Å². The van der Waals surface area contributed by atoms with Crippen molar-refractivity contribution in [1.29, 1.82) is 0 Å². The summed E-state index contributed by atoms with van der Waals surface area (Å²) in [5, 5.41) is 7.77. The van der Waals surface area contributed by atoms with Gasteiger partial charge in [0.1, 0.15) is 18.0 Å². The van der Waals surface area contributed by atoms with Crippen LogP contribution in [0.3, 0.4) is 0 Å². The van der Waals surface area contributed by atoms with Crippen molar-refractivity contribution in [1.82, 2.24) is 10.6 Å². The zero-order chi connectivity index (χ0) is 21.4. The van der Waals surface area contributed by atoms with Crippen LogP contribution < -0.4 is 16.0 Å². The van der Waals surface area contributed by atoms with Crippen molar-refractivity contribution in [3.8, 4) is 0 Å². The summed E-state index contributed by atoms with van der Waals surface area (Å²) in [5.74, 6) is -1.11. The van der Waals surface area contributed by atoms with Gasteiger partial charge in [0.15, 0.2) is 0 Å². The van der Waals surface area contributed by atoms with Crippen molar-refractivity contribution in [2.75, 3.05) is 11.9 Å². The molecule has 0 saturated carbocycles. The number of amides is 3. The van der Waals surface area contributed by atoms with Crippen molar-refractivity contribution in [3.05, 3.63) is 65.5 Å². The number of alkyl carbamates (subject to hydrolysis) is 1. The summed E-state index contributed by atoms with van der Waals surface area (Å²) in [6.07, 6.45) is -0.658. The van der Waals surface area contributed by atoms with Crippen LogP contribution in [0.1, 0.15) is 36.7 Å². The summed E-state index contributed by atoms with van der Waals surface area (Å²) in [6.45, 7) is 5.27. The second-order valence-electron chi connectivity index (χ2n) is 7.29. The lowest BCUT2D eigenvalue weighted by Gasteiger charge is -2.19. The van der Waals surface area contributed by atoms with E-state index >= 15 is 0 Å². The summed E-state index contributed by atoms with van der Waals surface area (Å²) in [4.78, 5) is 35.4. The lowest BCUT2D eigenvalue weighted by atomic mass is 10.1. The second-order valence-corrected chi connectivity index (χ2v) is 7.29. The predicted octanol–water partition coefficient (Wildman–Crippen LogP) is 3.22. The van der Waals surface area contributed by atoms with Gasteiger partial charge in [-0.05, 0) is 62.7 Å². The van der Waals surface area contributed by atoms with Gasteiger partial charge in [0.25, 0.3) is 5.91 Å². The third-order valence-electron chi connectivity index (χ3n) is 3.60. The number of anilines is 1. The van der Waals surface area contributed by atoms with Gasteiger partial charge in [-0.25, -0.2) is 9.18 Å². The zero-order valence-electron chi connectivity index (χ0n) is 16.5. The summed E-state index contributed by atoms with van der Waals surface area (Å²) in [5.41, 5.74) is 1.10. The van der Waals surface area contributed by atoms with Gasteiger partial charge in [0.05, 0.1) is 0 Å². The molecule has 0 aliphatic carbocycles. The minimum atomic E-state index is -0.658. The van der Waals surface area contributed by atoms with E-state index in [2.05, 4.69) is 16.0 Å². The van der Waals surface area contributed by atoms with Crippen LogP contribution in [0.2, 0.25) is 0 Å². The number of carbonyl (C=O) groups excluding carboxylic acids is 3. The highest BCUT2D eigenvalue weighted by atomic mass is 19.1. The number of nitrogens with one attached hydrogen (secondary N) is 3. The highest BCUT2D eigenvalue weighted by Crippen LogP contribution is 2.12. The van der Waals surface area contributed by atoms with Gasteiger partial charge >= 0.3 is 6.09 Å². The normalized spacial score (nSPS) is 10.8. The molecule has 2 aromatic carbocycles. The fourth-order valence-corrected chi connectivity index (χ4v) is 2.24. The minimum absolute atomic E-state index is 0.194. The Morgan fingerprint density at radius 2 is 1.55 bits per heavy atom. The topological polar surface area (TPSA) is 96.5 Å². The molecule has 3 amide bonds. The van der Waals surface area contributed by atoms with E-state index in [0.717, 1.165) is 5.56 Å². The van der Waals surface area contributed by atoms with Gasteiger partial charge in [-0.1, -0.05) is 12.1 Å². The third kappa shape index (κ3) is 8.00. The van der Waals surface area contributed by atoms with Crippen LogP contribution in [0.5, 0.6) is 0 Å². The van der Waals surface area contributed by atoms with E-state index < -0.39 is 17.5 Å². The number of rotatable bonds is 6. The Morgan fingerprint density at radius 3 is 2.14 bits per heavy atom. The number of hydrogen-bond acceptors (Lipinski definition) is 4. The first-order valence-corrected chi connectivity index (χ1v) is 9.02.